The normalized spacial score (nSPS) is 26.2. The highest BCUT2D eigenvalue weighted by Gasteiger charge is 2.38. The SMILES string of the molecule is CC(C)(C)OC(=O)[C@H]1CCNC[C@@H]1C(=O)O. The van der Waals surface area contributed by atoms with E-state index in [2.05, 4.69) is 5.32 Å². The van der Waals surface area contributed by atoms with E-state index < -0.39 is 29.4 Å². The average Bonchev–Trinajstić information content (AvgIpc) is 2.15. The Balaban J connectivity index is 2.68. The first kappa shape index (κ1) is 13.0. The fourth-order valence-corrected chi connectivity index (χ4v) is 1.78. The van der Waals surface area contributed by atoms with E-state index in [0.717, 1.165) is 0 Å². The topological polar surface area (TPSA) is 75.6 Å². The highest BCUT2D eigenvalue weighted by Crippen LogP contribution is 2.23. The highest BCUT2D eigenvalue weighted by atomic mass is 16.6. The monoisotopic (exact) mass is 229 g/mol. The number of carboxylic acids is 1. The third-order valence-electron chi connectivity index (χ3n) is 2.51. The number of esters is 1. The van der Waals surface area contributed by atoms with Gasteiger partial charge in [-0.3, -0.25) is 9.59 Å². The van der Waals surface area contributed by atoms with E-state index in [1.807, 2.05) is 0 Å². The van der Waals surface area contributed by atoms with Crippen molar-refractivity contribution in [1.29, 1.82) is 0 Å². The number of carboxylic acid groups (broad SMARTS) is 1. The van der Waals surface area contributed by atoms with Crippen molar-refractivity contribution >= 4 is 11.9 Å². The molecular formula is C11H19NO4. The first-order valence-electron chi connectivity index (χ1n) is 5.47. The van der Waals surface area contributed by atoms with Gasteiger partial charge in [-0.1, -0.05) is 0 Å². The van der Waals surface area contributed by atoms with Crippen LogP contribution in [0.2, 0.25) is 0 Å². The quantitative estimate of drug-likeness (QED) is 0.679. The Kier molecular flexibility index (Phi) is 3.91. The minimum atomic E-state index is -0.942. The van der Waals surface area contributed by atoms with Crippen molar-refractivity contribution in [2.24, 2.45) is 11.8 Å². The maximum atomic E-state index is 11.8. The molecule has 5 heteroatoms. The van der Waals surface area contributed by atoms with Gasteiger partial charge in [0.2, 0.25) is 0 Å². The predicted octanol–water partition coefficient (Wildman–Crippen LogP) is 0.638. The van der Waals surface area contributed by atoms with Gasteiger partial charge in [-0.15, -0.1) is 0 Å². The van der Waals surface area contributed by atoms with Gasteiger partial charge in [0.1, 0.15) is 5.60 Å². The van der Waals surface area contributed by atoms with E-state index in [1.54, 1.807) is 20.8 Å². The van der Waals surface area contributed by atoms with E-state index in [0.29, 0.717) is 19.5 Å². The summed E-state index contributed by atoms with van der Waals surface area (Å²) < 4.78 is 5.23. The molecule has 16 heavy (non-hydrogen) atoms. The number of carbonyl (C=O) groups excluding carboxylic acids is 1. The van der Waals surface area contributed by atoms with Crippen LogP contribution in [0.15, 0.2) is 0 Å². The lowest BCUT2D eigenvalue weighted by Gasteiger charge is -2.30. The van der Waals surface area contributed by atoms with Crippen LogP contribution < -0.4 is 5.32 Å². The zero-order valence-corrected chi connectivity index (χ0v) is 9.95. The van der Waals surface area contributed by atoms with Gasteiger partial charge in [-0.2, -0.15) is 0 Å². The zero-order valence-electron chi connectivity index (χ0n) is 9.95. The summed E-state index contributed by atoms with van der Waals surface area (Å²) in [4.78, 5) is 22.8. The molecule has 5 nitrogen and oxygen atoms in total. The average molecular weight is 229 g/mol. The van der Waals surface area contributed by atoms with Gasteiger partial charge >= 0.3 is 11.9 Å². The molecule has 0 spiro atoms. The zero-order chi connectivity index (χ0) is 12.3. The first-order valence-corrected chi connectivity index (χ1v) is 5.47. The number of ether oxygens (including phenoxy) is 1. The summed E-state index contributed by atoms with van der Waals surface area (Å²) >= 11 is 0. The van der Waals surface area contributed by atoms with Gasteiger partial charge in [0.05, 0.1) is 11.8 Å². The molecule has 0 unspecified atom stereocenters. The lowest BCUT2D eigenvalue weighted by Crippen LogP contribution is -2.45. The van der Waals surface area contributed by atoms with Crippen LogP contribution in [0, 0.1) is 11.8 Å². The molecule has 0 radical (unpaired) electrons. The second-order valence-corrected chi connectivity index (χ2v) is 5.08. The maximum absolute atomic E-state index is 11.8. The molecular weight excluding hydrogens is 210 g/mol. The van der Waals surface area contributed by atoms with Crippen molar-refractivity contribution in [3.63, 3.8) is 0 Å². The van der Waals surface area contributed by atoms with Gasteiger partial charge in [-0.25, -0.2) is 0 Å². The van der Waals surface area contributed by atoms with Crippen molar-refractivity contribution in [2.75, 3.05) is 13.1 Å². The summed E-state index contributed by atoms with van der Waals surface area (Å²) in [6, 6.07) is 0. The van der Waals surface area contributed by atoms with Gasteiger partial charge in [-0.05, 0) is 33.7 Å². The number of hydrogen-bond acceptors (Lipinski definition) is 4. The molecule has 1 heterocycles. The molecule has 92 valence electrons. The third kappa shape index (κ3) is 3.48. The second-order valence-electron chi connectivity index (χ2n) is 5.08. The highest BCUT2D eigenvalue weighted by molar-refractivity contribution is 5.81. The van der Waals surface area contributed by atoms with Gasteiger partial charge in [0.15, 0.2) is 0 Å². The Morgan fingerprint density at radius 1 is 1.31 bits per heavy atom. The van der Waals surface area contributed by atoms with Gasteiger partial charge in [0, 0.05) is 6.54 Å². The van der Waals surface area contributed by atoms with Crippen LogP contribution in [0.4, 0.5) is 0 Å². The minimum Gasteiger partial charge on any atom is -0.481 e. The van der Waals surface area contributed by atoms with Crippen LogP contribution in [-0.2, 0) is 14.3 Å². The summed E-state index contributed by atoms with van der Waals surface area (Å²) in [5, 5.41) is 12.0. The van der Waals surface area contributed by atoms with Crippen LogP contribution in [0.3, 0.4) is 0 Å². The molecule has 1 saturated heterocycles. The minimum absolute atomic E-state index is 0.333. The molecule has 0 aromatic heterocycles. The first-order chi connectivity index (χ1) is 7.31. The molecule has 0 aliphatic carbocycles. The summed E-state index contributed by atoms with van der Waals surface area (Å²) in [7, 11) is 0. The lowest BCUT2D eigenvalue weighted by molar-refractivity contribution is -0.167. The fraction of sp³-hybridized carbons (Fsp3) is 0.818. The molecule has 2 atom stereocenters. The molecule has 0 saturated carbocycles. The number of aliphatic carboxylic acids is 1. The Bertz CT molecular complexity index is 282. The van der Waals surface area contributed by atoms with E-state index in [9.17, 15) is 9.59 Å². The van der Waals surface area contributed by atoms with Crippen molar-refractivity contribution < 1.29 is 19.4 Å². The summed E-state index contributed by atoms with van der Waals surface area (Å²) in [5.74, 6) is -2.55. The second kappa shape index (κ2) is 4.82. The summed E-state index contributed by atoms with van der Waals surface area (Å²) in [6.45, 7) is 6.33. The summed E-state index contributed by atoms with van der Waals surface area (Å²) in [5.41, 5.74) is -0.564. The van der Waals surface area contributed by atoms with Crippen molar-refractivity contribution in [2.45, 2.75) is 32.8 Å². The molecule has 1 aliphatic rings. The smallest absolute Gasteiger partial charge is 0.310 e. The molecule has 1 fully saturated rings. The van der Waals surface area contributed by atoms with Gasteiger partial charge < -0.3 is 15.2 Å². The van der Waals surface area contributed by atoms with Crippen LogP contribution in [0.1, 0.15) is 27.2 Å². The van der Waals surface area contributed by atoms with E-state index >= 15 is 0 Å². The molecule has 0 aromatic rings. The van der Waals surface area contributed by atoms with Crippen molar-refractivity contribution in [3.05, 3.63) is 0 Å². The Morgan fingerprint density at radius 3 is 2.44 bits per heavy atom. The molecule has 0 bridgehead atoms. The van der Waals surface area contributed by atoms with Crippen LogP contribution in [0.5, 0.6) is 0 Å². The number of hydrogen-bond donors (Lipinski definition) is 2. The molecule has 0 amide bonds. The van der Waals surface area contributed by atoms with Crippen LogP contribution >= 0.6 is 0 Å². The number of nitrogens with one attached hydrogen (secondary N) is 1. The molecule has 0 aromatic carbocycles. The van der Waals surface area contributed by atoms with Crippen LogP contribution in [-0.4, -0.2) is 35.7 Å². The van der Waals surface area contributed by atoms with E-state index in [1.165, 1.54) is 0 Å². The lowest BCUT2D eigenvalue weighted by atomic mass is 9.86. The Hall–Kier alpha value is -1.10. The van der Waals surface area contributed by atoms with E-state index in [-0.39, 0.29) is 0 Å². The fourth-order valence-electron chi connectivity index (χ4n) is 1.78. The summed E-state index contributed by atoms with van der Waals surface area (Å²) in [6.07, 6.45) is 0.520. The predicted molar refractivity (Wildman–Crippen MR) is 57.9 cm³/mol. The molecule has 1 aliphatic heterocycles. The van der Waals surface area contributed by atoms with Crippen molar-refractivity contribution in [1.82, 2.24) is 5.32 Å². The maximum Gasteiger partial charge on any atom is 0.310 e. The molecule has 2 N–H and O–H groups in total. The molecule has 1 rings (SSSR count). The number of piperidine rings is 1. The Morgan fingerprint density at radius 2 is 1.94 bits per heavy atom. The third-order valence-corrected chi connectivity index (χ3v) is 2.51. The van der Waals surface area contributed by atoms with Crippen molar-refractivity contribution in [3.8, 4) is 0 Å². The van der Waals surface area contributed by atoms with E-state index in [4.69, 9.17) is 9.84 Å². The van der Waals surface area contributed by atoms with Crippen LogP contribution in [0.25, 0.3) is 0 Å². The van der Waals surface area contributed by atoms with Gasteiger partial charge in [0.25, 0.3) is 0 Å². The largest absolute Gasteiger partial charge is 0.481 e. The number of carbonyl (C=O) groups is 2. The Labute approximate surface area is 95.2 Å². The standard InChI is InChI=1S/C11H19NO4/c1-11(2,3)16-10(15)7-4-5-12-6-8(7)9(13)14/h7-8,12H,4-6H2,1-3H3,(H,13,14)/t7-,8-/m0/s1. The number of rotatable bonds is 2.